The lowest BCUT2D eigenvalue weighted by Crippen LogP contribution is -2.41. The fourth-order valence-corrected chi connectivity index (χ4v) is 3.84. The number of nitrogens with zero attached hydrogens (tertiary/aromatic N) is 5. The molecule has 7 nitrogen and oxygen atoms in total. The van der Waals surface area contributed by atoms with Crippen molar-refractivity contribution in [2.75, 3.05) is 6.54 Å². The van der Waals surface area contributed by atoms with Crippen LogP contribution in [0.4, 0.5) is 4.39 Å². The van der Waals surface area contributed by atoms with Crippen LogP contribution in [0, 0.1) is 5.82 Å². The van der Waals surface area contributed by atoms with E-state index in [1.54, 1.807) is 4.90 Å². The zero-order valence-electron chi connectivity index (χ0n) is 13.8. The van der Waals surface area contributed by atoms with E-state index in [1.165, 1.54) is 36.2 Å². The van der Waals surface area contributed by atoms with Crippen molar-refractivity contribution < 1.29 is 9.18 Å². The number of benzene rings is 1. The Kier molecular flexibility index (Phi) is 4.04. The Morgan fingerprint density at radius 2 is 2.00 bits per heavy atom. The summed E-state index contributed by atoms with van der Waals surface area (Å²) in [6.07, 6.45) is 0.0468. The number of amides is 1. The minimum absolute atomic E-state index is 0.0468. The number of hydrogen-bond donors (Lipinski definition) is 1. The van der Waals surface area contributed by atoms with E-state index in [4.69, 9.17) is 0 Å². The summed E-state index contributed by atoms with van der Waals surface area (Å²) in [4.78, 5) is 19.0. The summed E-state index contributed by atoms with van der Waals surface area (Å²) >= 11 is 1.45. The molecule has 1 aromatic carbocycles. The molecule has 1 aromatic heterocycles. The molecule has 2 aromatic rings. The minimum atomic E-state index is -0.356. The lowest BCUT2D eigenvalue weighted by molar-refractivity contribution is 0.0637. The molecule has 1 amide bonds. The van der Waals surface area contributed by atoms with Gasteiger partial charge in [-0.05, 0) is 50.1 Å². The first-order valence-corrected chi connectivity index (χ1v) is 8.86. The van der Waals surface area contributed by atoms with Crippen LogP contribution in [0.5, 0.6) is 0 Å². The van der Waals surface area contributed by atoms with Crippen molar-refractivity contribution in [2.24, 2.45) is 4.99 Å². The molecule has 1 unspecified atom stereocenters. The molecular weight excluding hydrogens is 343 g/mol. The van der Waals surface area contributed by atoms with E-state index < -0.39 is 0 Å². The first-order chi connectivity index (χ1) is 12.0. The maximum atomic E-state index is 13.1. The maximum Gasteiger partial charge on any atom is 0.254 e. The number of rotatable bonds is 2. The molecule has 0 spiro atoms. The summed E-state index contributed by atoms with van der Waals surface area (Å²) in [7, 11) is 0. The van der Waals surface area contributed by atoms with Crippen LogP contribution in [0.15, 0.2) is 29.3 Å². The van der Waals surface area contributed by atoms with E-state index in [2.05, 4.69) is 19.9 Å². The van der Waals surface area contributed by atoms with Gasteiger partial charge >= 0.3 is 0 Å². The van der Waals surface area contributed by atoms with Crippen molar-refractivity contribution in [3.63, 3.8) is 0 Å². The second kappa shape index (κ2) is 6.23. The molecule has 2 atom stereocenters. The Morgan fingerprint density at radius 1 is 1.24 bits per heavy atom. The Morgan fingerprint density at radius 3 is 2.68 bits per heavy atom. The van der Waals surface area contributed by atoms with E-state index in [9.17, 15) is 9.18 Å². The highest BCUT2D eigenvalue weighted by molar-refractivity contribution is 8.13. The zero-order valence-corrected chi connectivity index (χ0v) is 14.6. The summed E-state index contributed by atoms with van der Waals surface area (Å²) in [6, 6.07) is 5.39. The van der Waals surface area contributed by atoms with Crippen molar-refractivity contribution >= 4 is 22.9 Å². The molecule has 130 valence electrons. The molecule has 2 aliphatic rings. The highest BCUT2D eigenvalue weighted by Crippen LogP contribution is 2.28. The van der Waals surface area contributed by atoms with E-state index in [0.717, 1.165) is 16.7 Å². The fourth-order valence-electron chi connectivity index (χ4n) is 3.05. The summed E-state index contributed by atoms with van der Waals surface area (Å²) in [5.74, 6) is 0.980. The number of carbonyl (C=O) groups excluding carboxylic acids is 1. The second-order valence-electron chi connectivity index (χ2n) is 6.04. The van der Waals surface area contributed by atoms with Gasteiger partial charge in [-0.1, -0.05) is 0 Å². The van der Waals surface area contributed by atoms with Crippen molar-refractivity contribution in [3.8, 4) is 0 Å². The van der Waals surface area contributed by atoms with E-state index in [-0.39, 0.29) is 23.9 Å². The van der Waals surface area contributed by atoms with Gasteiger partial charge in [0.25, 0.3) is 5.91 Å². The number of halogens is 1. The van der Waals surface area contributed by atoms with Gasteiger partial charge in [-0.25, -0.2) is 9.11 Å². The van der Waals surface area contributed by atoms with Gasteiger partial charge in [0.2, 0.25) is 0 Å². The smallest absolute Gasteiger partial charge is 0.254 e. The molecule has 1 N–H and O–H groups in total. The average molecular weight is 360 g/mol. The van der Waals surface area contributed by atoms with Crippen molar-refractivity contribution in [1.82, 2.24) is 24.4 Å². The Labute approximate surface area is 148 Å². The molecule has 0 radical (unpaired) electrons. The number of nitrogens with one attached hydrogen (secondary N) is 1. The molecule has 0 saturated carbocycles. The van der Waals surface area contributed by atoms with E-state index in [0.29, 0.717) is 18.7 Å². The van der Waals surface area contributed by atoms with Gasteiger partial charge in [-0.3, -0.25) is 9.79 Å². The molecule has 0 aliphatic carbocycles. The van der Waals surface area contributed by atoms with Gasteiger partial charge in [0.15, 0.2) is 16.7 Å². The fraction of sp³-hybridized carbons (Fsp3) is 0.375. The van der Waals surface area contributed by atoms with Gasteiger partial charge < -0.3 is 9.47 Å². The predicted octanol–water partition coefficient (Wildman–Crippen LogP) is 1.98. The molecule has 2 aliphatic heterocycles. The third-order valence-corrected chi connectivity index (χ3v) is 5.31. The highest BCUT2D eigenvalue weighted by atomic mass is 32.2. The Hall–Kier alpha value is -2.26. The maximum absolute atomic E-state index is 13.1. The number of fused-ring (bicyclic) bond motifs is 1. The SMILES string of the molecule is CC1N=C(c2nnc3n2CCN(C(=O)c2ccc(F)cc2)[C@@H]3C)SN1. The summed E-state index contributed by atoms with van der Waals surface area (Å²) < 4.78 is 18.3. The van der Waals surface area contributed by atoms with Crippen LogP contribution in [0.2, 0.25) is 0 Å². The zero-order chi connectivity index (χ0) is 17.6. The quantitative estimate of drug-likeness (QED) is 0.829. The summed E-state index contributed by atoms with van der Waals surface area (Å²) in [6.45, 7) is 5.04. The summed E-state index contributed by atoms with van der Waals surface area (Å²) in [5, 5.41) is 9.38. The number of hydrogen-bond acceptors (Lipinski definition) is 6. The molecule has 25 heavy (non-hydrogen) atoms. The van der Waals surface area contributed by atoms with Gasteiger partial charge in [-0.2, -0.15) is 0 Å². The van der Waals surface area contributed by atoms with Crippen molar-refractivity contribution in [3.05, 3.63) is 47.3 Å². The largest absolute Gasteiger partial charge is 0.327 e. The Bertz CT molecular complexity index is 849. The van der Waals surface area contributed by atoms with Crippen LogP contribution >= 0.6 is 11.9 Å². The van der Waals surface area contributed by atoms with Crippen LogP contribution in [-0.4, -0.2) is 43.3 Å². The van der Waals surface area contributed by atoms with Gasteiger partial charge in [0.1, 0.15) is 12.0 Å². The Balaban J connectivity index is 1.61. The average Bonchev–Trinajstić information content (AvgIpc) is 3.21. The second-order valence-corrected chi connectivity index (χ2v) is 6.87. The lowest BCUT2D eigenvalue weighted by Gasteiger charge is -2.33. The van der Waals surface area contributed by atoms with Crippen LogP contribution in [0.25, 0.3) is 0 Å². The van der Waals surface area contributed by atoms with Crippen LogP contribution in [0.3, 0.4) is 0 Å². The van der Waals surface area contributed by atoms with Crippen molar-refractivity contribution in [2.45, 2.75) is 32.6 Å². The molecule has 0 bridgehead atoms. The number of aliphatic imine (C=N–C) groups is 1. The molecule has 3 heterocycles. The minimum Gasteiger partial charge on any atom is -0.327 e. The van der Waals surface area contributed by atoms with E-state index in [1.807, 2.05) is 18.4 Å². The number of aromatic nitrogens is 3. The third kappa shape index (κ3) is 2.83. The normalized spacial score (nSPS) is 22.7. The lowest BCUT2D eigenvalue weighted by atomic mass is 10.1. The monoisotopic (exact) mass is 360 g/mol. The van der Waals surface area contributed by atoms with E-state index >= 15 is 0 Å². The van der Waals surface area contributed by atoms with Crippen LogP contribution in [-0.2, 0) is 6.54 Å². The predicted molar refractivity (Wildman–Crippen MR) is 92.6 cm³/mol. The molecular formula is C16H17FN6OS. The molecule has 4 rings (SSSR count). The van der Waals surface area contributed by atoms with Crippen LogP contribution in [0.1, 0.15) is 41.9 Å². The molecule has 0 saturated heterocycles. The third-order valence-electron chi connectivity index (χ3n) is 4.37. The van der Waals surface area contributed by atoms with Gasteiger partial charge in [0.05, 0.1) is 6.04 Å². The number of carbonyl (C=O) groups is 1. The van der Waals surface area contributed by atoms with Crippen LogP contribution < -0.4 is 4.72 Å². The molecule has 9 heteroatoms. The molecule has 0 fully saturated rings. The highest BCUT2D eigenvalue weighted by Gasteiger charge is 2.33. The first kappa shape index (κ1) is 16.2. The summed E-state index contributed by atoms with van der Waals surface area (Å²) in [5.41, 5.74) is 0.468. The van der Waals surface area contributed by atoms with Gasteiger partial charge in [0, 0.05) is 18.7 Å². The standard InChI is InChI=1S/C16H17FN6OS/c1-9-13-19-20-14(15-18-10(2)21-25-15)23(13)8-7-22(9)16(24)11-3-5-12(17)6-4-11/h3-6,9-10,21H,7-8H2,1-2H3/t9-,10?/m1/s1. The topological polar surface area (TPSA) is 75.4 Å². The van der Waals surface area contributed by atoms with Crippen molar-refractivity contribution in [1.29, 1.82) is 0 Å². The first-order valence-electron chi connectivity index (χ1n) is 8.05. The van der Waals surface area contributed by atoms with Gasteiger partial charge in [-0.15, -0.1) is 10.2 Å².